The molecule has 152 valence electrons. The molecule has 0 radical (unpaired) electrons. The Hall–Kier alpha value is -2.18. The molecule has 28 heavy (non-hydrogen) atoms. The van der Waals surface area contributed by atoms with Gasteiger partial charge in [0.2, 0.25) is 0 Å². The lowest BCUT2D eigenvalue weighted by atomic mass is 10.0. The molecule has 0 atom stereocenters. The van der Waals surface area contributed by atoms with Crippen LogP contribution in [0.4, 0.5) is 15.9 Å². The molecule has 1 aliphatic heterocycles. The van der Waals surface area contributed by atoms with Gasteiger partial charge in [-0.05, 0) is 42.2 Å². The topological polar surface area (TPSA) is 63.4 Å². The van der Waals surface area contributed by atoms with Gasteiger partial charge in [0.1, 0.15) is 11.6 Å². The van der Waals surface area contributed by atoms with E-state index in [4.69, 9.17) is 10.5 Å². The van der Waals surface area contributed by atoms with Crippen LogP contribution in [0.25, 0.3) is 0 Å². The number of nitrogen functional groups attached to an aromatic ring is 1. The monoisotopic (exact) mass is 386 g/mol. The molecule has 1 aromatic carbocycles. The smallest absolute Gasteiger partial charge is 0.147 e. The van der Waals surface area contributed by atoms with E-state index in [1.165, 1.54) is 0 Å². The Morgan fingerprint density at radius 2 is 2.00 bits per heavy atom. The number of benzene rings is 1. The molecule has 0 bridgehead atoms. The Bertz CT molecular complexity index is 790. The molecule has 0 aliphatic carbocycles. The summed E-state index contributed by atoms with van der Waals surface area (Å²) in [6.45, 7) is 8.98. The summed E-state index contributed by atoms with van der Waals surface area (Å²) in [5.74, 6) is 0.334. The van der Waals surface area contributed by atoms with E-state index in [2.05, 4.69) is 22.1 Å². The lowest BCUT2D eigenvalue weighted by molar-refractivity contribution is 0.0341. The second kappa shape index (κ2) is 9.85. The van der Waals surface area contributed by atoms with Gasteiger partial charge in [-0.25, -0.2) is 9.37 Å². The number of rotatable bonds is 8. The maximum absolute atomic E-state index is 14.7. The van der Waals surface area contributed by atoms with E-state index in [0.29, 0.717) is 17.8 Å². The van der Waals surface area contributed by atoms with E-state index in [9.17, 15) is 4.39 Å². The highest BCUT2D eigenvalue weighted by Crippen LogP contribution is 2.24. The first kappa shape index (κ1) is 20.6. The molecule has 6 heteroatoms. The van der Waals surface area contributed by atoms with Crippen molar-refractivity contribution in [1.82, 2.24) is 9.88 Å². The molecule has 0 spiro atoms. The van der Waals surface area contributed by atoms with Crippen molar-refractivity contribution < 1.29 is 9.13 Å². The van der Waals surface area contributed by atoms with Crippen LogP contribution in [0.1, 0.15) is 42.1 Å². The lowest BCUT2D eigenvalue weighted by Gasteiger charge is -2.26. The van der Waals surface area contributed by atoms with Gasteiger partial charge in [0.25, 0.3) is 0 Å². The van der Waals surface area contributed by atoms with Crippen LogP contribution in [0.5, 0.6) is 0 Å². The van der Waals surface area contributed by atoms with Gasteiger partial charge in [0, 0.05) is 38.3 Å². The summed E-state index contributed by atoms with van der Waals surface area (Å²) in [6.07, 6.45) is 2.69. The van der Waals surface area contributed by atoms with E-state index in [1.54, 1.807) is 6.07 Å². The molecule has 2 heterocycles. The van der Waals surface area contributed by atoms with Gasteiger partial charge in [-0.15, -0.1) is 0 Å². The first-order valence-electron chi connectivity index (χ1n) is 10.1. The first-order valence-corrected chi connectivity index (χ1v) is 10.1. The zero-order chi connectivity index (χ0) is 19.9. The summed E-state index contributed by atoms with van der Waals surface area (Å²) in [7, 11) is 0. The number of ether oxygens (including phenoxy) is 1. The number of unbranched alkanes of at least 4 members (excludes halogenated alkanes) is 1. The molecular weight excluding hydrogens is 355 g/mol. The fourth-order valence-corrected chi connectivity index (χ4v) is 3.44. The standard InChI is InChI=1S/C22H31FN4O/c1-3-4-7-25-21-14-19(16(2)26-22(21)24)13-18-6-5-17(12-20(18)23)15-27-8-10-28-11-9-27/h5-6,12,14,25H,3-4,7-11,13,15H2,1-2H3,(H2,24,26). The number of morpholine rings is 1. The summed E-state index contributed by atoms with van der Waals surface area (Å²) in [4.78, 5) is 6.74. The van der Waals surface area contributed by atoms with E-state index >= 15 is 0 Å². The Labute approximate surface area is 167 Å². The second-order valence-corrected chi connectivity index (χ2v) is 7.44. The van der Waals surface area contributed by atoms with Crippen molar-refractivity contribution in [2.75, 3.05) is 43.9 Å². The second-order valence-electron chi connectivity index (χ2n) is 7.44. The van der Waals surface area contributed by atoms with Gasteiger partial charge < -0.3 is 15.8 Å². The molecule has 0 unspecified atom stereocenters. The number of hydrogen-bond donors (Lipinski definition) is 2. The fourth-order valence-electron chi connectivity index (χ4n) is 3.44. The highest BCUT2D eigenvalue weighted by atomic mass is 19.1. The minimum Gasteiger partial charge on any atom is -0.382 e. The third kappa shape index (κ3) is 5.42. The molecule has 1 aromatic heterocycles. The van der Waals surface area contributed by atoms with Crippen LogP contribution in [-0.4, -0.2) is 42.7 Å². The van der Waals surface area contributed by atoms with Gasteiger partial charge in [-0.3, -0.25) is 4.90 Å². The van der Waals surface area contributed by atoms with Crippen LogP contribution < -0.4 is 11.1 Å². The number of hydrogen-bond acceptors (Lipinski definition) is 5. The van der Waals surface area contributed by atoms with Crippen molar-refractivity contribution in [2.45, 2.75) is 39.7 Å². The van der Waals surface area contributed by atoms with E-state index in [0.717, 1.165) is 74.7 Å². The molecule has 0 amide bonds. The van der Waals surface area contributed by atoms with Gasteiger partial charge in [-0.2, -0.15) is 0 Å². The lowest BCUT2D eigenvalue weighted by Crippen LogP contribution is -2.35. The van der Waals surface area contributed by atoms with Crippen LogP contribution in [0.15, 0.2) is 24.3 Å². The maximum Gasteiger partial charge on any atom is 0.147 e. The Kier molecular flexibility index (Phi) is 7.23. The van der Waals surface area contributed by atoms with Gasteiger partial charge >= 0.3 is 0 Å². The predicted molar refractivity (Wildman–Crippen MR) is 112 cm³/mol. The first-order chi connectivity index (χ1) is 13.6. The van der Waals surface area contributed by atoms with Crippen molar-refractivity contribution >= 4 is 11.5 Å². The summed E-state index contributed by atoms with van der Waals surface area (Å²) in [5, 5.41) is 3.34. The number of pyridine rings is 1. The number of nitrogens with zero attached hydrogens (tertiary/aromatic N) is 2. The number of nitrogens with one attached hydrogen (secondary N) is 1. The van der Waals surface area contributed by atoms with Crippen LogP contribution in [-0.2, 0) is 17.7 Å². The van der Waals surface area contributed by atoms with Crippen molar-refractivity contribution in [1.29, 1.82) is 0 Å². The van der Waals surface area contributed by atoms with Crippen molar-refractivity contribution in [2.24, 2.45) is 0 Å². The van der Waals surface area contributed by atoms with Crippen LogP contribution in [0.2, 0.25) is 0 Å². The van der Waals surface area contributed by atoms with E-state index < -0.39 is 0 Å². The zero-order valence-electron chi connectivity index (χ0n) is 16.9. The molecule has 5 nitrogen and oxygen atoms in total. The summed E-state index contributed by atoms with van der Waals surface area (Å²) >= 11 is 0. The van der Waals surface area contributed by atoms with Crippen LogP contribution in [0, 0.1) is 12.7 Å². The molecule has 1 aliphatic rings. The quantitative estimate of drug-likeness (QED) is 0.677. The molecular formula is C22H31FN4O. The maximum atomic E-state index is 14.7. The number of aryl methyl sites for hydroxylation is 1. The van der Waals surface area contributed by atoms with Crippen molar-refractivity contribution in [3.05, 3.63) is 52.5 Å². The van der Waals surface area contributed by atoms with E-state index in [1.807, 2.05) is 25.1 Å². The molecule has 1 saturated heterocycles. The van der Waals surface area contributed by atoms with Gasteiger partial charge in [0.15, 0.2) is 0 Å². The third-order valence-corrected chi connectivity index (χ3v) is 5.20. The largest absolute Gasteiger partial charge is 0.382 e. The van der Waals surface area contributed by atoms with Crippen molar-refractivity contribution in [3.63, 3.8) is 0 Å². The molecule has 3 rings (SSSR count). The molecule has 2 aromatic rings. The Morgan fingerprint density at radius 1 is 1.21 bits per heavy atom. The highest BCUT2D eigenvalue weighted by Gasteiger charge is 2.14. The number of halogens is 1. The number of nitrogens with two attached hydrogens (primary N) is 1. The van der Waals surface area contributed by atoms with Gasteiger partial charge in [0.05, 0.1) is 18.9 Å². The van der Waals surface area contributed by atoms with Gasteiger partial charge in [-0.1, -0.05) is 25.5 Å². The highest BCUT2D eigenvalue weighted by molar-refractivity contribution is 5.63. The molecule has 0 saturated carbocycles. The minimum atomic E-state index is -0.164. The number of aromatic nitrogens is 1. The summed E-state index contributed by atoms with van der Waals surface area (Å²) < 4.78 is 20.1. The van der Waals surface area contributed by atoms with Crippen LogP contribution in [0.3, 0.4) is 0 Å². The zero-order valence-corrected chi connectivity index (χ0v) is 16.9. The molecule has 1 fully saturated rings. The Morgan fingerprint density at radius 3 is 2.71 bits per heavy atom. The fraction of sp³-hybridized carbons (Fsp3) is 0.500. The third-order valence-electron chi connectivity index (χ3n) is 5.20. The summed E-state index contributed by atoms with van der Waals surface area (Å²) in [6, 6.07) is 7.58. The average Bonchev–Trinajstić information content (AvgIpc) is 2.68. The molecule has 3 N–H and O–H groups in total. The van der Waals surface area contributed by atoms with Crippen LogP contribution >= 0.6 is 0 Å². The average molecular weight is 387 g/mol. The minimum absolute atomic E-state index is 0.164. The van der Waals surface area contributed by atoms with E-state index in [-0.39, 0.29) is 5.82 Å². The number of anilines is 2. The SMILES string of the molecule is CCCCNc1cc(Cc2ccc(CN3CCOCC3)cc2F)c(C)nc1N. The predicted octanol–water partition coefficient (Wildman–Crippen LogP) is 3.75. The van der Waals surface area contributed by atoms with Crippen molar-refractivity contribution in [3.8, 4) is 0 Å². The normalized spacial score (nSPS) is 15.0. The Balaban J connectivity index is 1.71. The summed E-state index contributed by atoms with van der Waals surface area (Å²) in [5.41, 5.74) is 10.4.